The van der Waals surface area contributed by atoms with E-state index < -0.39 is 0 Å². The molecule has 3 N–H and O–H groups in total. The highest BCUT2D eigenvalue weighted by Gasteiger charge is 2.20. The minimum Gasteiger partial charge on any atom is -0.362 e. The largest absolute Gasteiger partial charge is 0.362 e. The van der Waals surface area contributed by atoms with Gasteiger partial charge in [-0.25, -0.2) is 15.0 Å². The Labute approximate surface area is 178 Å². The quantitative estimate of drug-likeness (QED) is 0.442. The van der Waals surface area contributed by atoms with Crippen LogP contribution in [0.25, 0.3) is 21.9 Å². The topological polar surface area (TPSA) is 118 Å². The Morgan fingerprint density at radius 3 is 2.71 bits per heavy atom. The van der Waals surface area contributed by atoms with Gasteiger partial charge in [-0.05, 0) is 36.6 Å². The van der Waals surface area contributed by atoms with Crippen LogP contribution in [0.4, 0.5) is 5.82 Å². The van der Waals surface area contributed by atoms with Gasteiger partial charge in [-0.1, -0.05) is 19.9 Å². The highest BCUT2D eigenvalue weighted by Crippen LogP contribution is 2.30. The molecule has 9 heteroatoms. The summed E-state index contributed by atoms with van der Waals surface area (Å²) in [6.07, 6.45) is 2.98. The van der Waals surface area contributed by atoms with Gasteiger partial charge < -0.3 is 20.2 Å². The normalized spacial score (nSPS) is 12.4. The molecule has 9 nitrogen and oxygen atoms in total. The number of carbonyl (C=O) groups excluding carboxylic acids is 1. The summed E-state index contributed by atoms with van der Waals surface area (Å²) < 4.78 is 1.47. The van der Waals surface area contributed by atoms with Crippen molar-refractivity contribution in [3.05, 3.63) is 58.5 Å². The fourth-order valence-electron chi connectivity index (χ4n) is 3.64. The maximum Gasteiger partial charge on any atom is 0.267 e. The lowest BCUT2D eigenvalue weighted by atomic mass is 9.95. The van der Waals surface area contributed by atoms with Crippen LogP contribution in [-0.4, -0.2) is 37.0 Å². The number of nitrogens with zero attached hydrogens (tertiary/aromatic N) is 4. The van der Waals surface area contributed by atoms with E-state index in [9.17, 15) is 9.59 Å². The van der Waals surface area contributed by atoms with Crippen LogP contribution in [0, 0.1) is 5.92 Å². The Hall–Kier alpha value is -3.75. The lowest BCUT2D eigenvalue weighted by Gasteiger charge is -2.24. The van der Waals surface area contributed by atoms with Crippen molar-refractivity contribution in [1.29, 1.82) is 0 Å². The molecule has 0 unspecified atom stereocenters. The van der Waals surface area contributed by atoms with Crippen LogP contribution in [0.2, 0.25) is 0 Å². The Balaban J connectivity index is 1.75. The third-order valence-electron chi connectivity index (χ3n) is 5.27. The van der Waals surface area contributed by atoms with Gasteiger partial charge in [0.2, 0.25) is 0 Å². The van der Waals surface area contributed by atoms with Gasteiger partial charge in [-0.2, -0.15) is 0 Å². The van der Waals surface area contributed by atoms with Crippen molar-refractivity contribution in [2.24, 2.45) is 13.0 Å². The van der Waals surface area contributed by atoms with Gasteiger partial charge in [-0.15, -0.1) is 0 Å². The molecule has 160 valence electrons. The Bertz CT molecular complexity index is 1320. The second-order valence-electron chi connectivity index (χ2n) is 7.83. The average molecular weight is 419 g/mol. The van der Waals surface area contributed by atoms with E-state index in [1.165, 1.54) is 17.2 Å². The van der Waals surface area contributed by atoms with Gasteiger partial charge in [0.25, 0.3) is 11.5 Å². The second-order valence-corrected chi connectivity index (χ2v) is 7.83. The number of amides is 1. The summed E-state index contributed by atoms with van der Waals surface area (Å²) in [7, 11) is 1.69. The smallest absolute Gasteiger partial charge is 0.267 e. The van der Waals surface area contributed by atoms with Crippen LogP contribution < -0.4 is 16.2 Å². The maximum absolute atomic E-state index is 12.6. The molecule has 0 spiro atoms. The number of rotatable bonds is 6. The first-order valence-corrected chi connectivity index (χ1v) is 10.2. The van der Waals surface area contributed by atoms with Gasteiger partial charge in [0.15, 0.2) is 0 Å². The lowest BCUT2D eigenvalue weighted by Crippen LogP contribution is -2.22. The molecule has 0 aliphatic rings. The number of aryl methyl sites for hydroxylation is 1. The summed E-state index contributed by atoms with van der Waals surface area (Å²) in [5, 5.41) is 7.57. The zero-order valence-corrected chi connectivity index (χ0v) is 17.9. The van der Waals surface area contributed by atoms with Crippen molar-refractivity contribution in [2.75, 3.05) is 11.9 Å². The van der Waals surface area contributed by atoms with Gasteiger partial charge in [-0.3, -0.25) is 9.59 Å². The van der Waals surface area contributed by atoms with Crippen LogP contribution in [0.15, 0.2) is 41.7 Å². The van der Waals surface area contributed by atoms with Crippen molar-refractivity contribution in [1.82, 2.24) is 29.8 Å². The van der Waals surface area contributed by atoms with E-state index in [-0.39, 0.29) is 23.4 Å². The summed E-state index contributed by atoms with van der Waals surface area (Å²) >= 11 is 0. The van der Waals surface area contributed by atoms with Crippen molar-refractivity contribution in [3.63, 3.8) is 0 Å². The molecule has 3 aromatic heterocycles. The number of benzene rings is 1. The van der Waals surface area contributed by atoms with E-state index in [2.05, 4.69) is 44.4 Å². The molecule has 0 fully saturated rings. The van der Waals surface area contributed by atoms with Crippen molar-refractivity contribution in [3.8, 4) is 0 Å². The van der Waals surface area contributed by atoms with Crippen molar-refractivity contribution in [2.45, 2.75) is 26.8 Å². The highest BCUT2D eigenvalue weighted by molar-refractivity contribution is 5.99. The molecule has 0 aliphatic heterocycles. The molecule has 31 heavy (non-hydrogen) atoms. The van der Waals surface area contributed by atoms with Crippen LogP contribution >= 0.6 is 0 Å². The number of anilines is 1. The van der Waals surface area contributed by atoms with Gasteiger partial charge >= 0.3 is 0 Å². The summed E-state index contributed by atoms with van der Waals surface area (Å²) in [4.78, 5) is 40.8. The monoisotopic (exact) mass is 419 g/mol. The first-order chi connectivity index (χ1) is 14.9. The lowest BCUT2D eigenvalue weighted by molar-refractivity contribution is 0.0951. The van der Waals surface area contributed by atoms with Gasteiger partial charge in [0.1, 0.15) is 23.5 Å². The van der Waals surface area contributed by atoms with Gasteiger partial charge in [0.05, 0.1) is 28.7 Å². The molecule has 1 aromatic carbocycles. The molecule has 3 heterocycles. The molecule has 0 aliphatic carbocycles. The number of H-pyrrole nitrogens is 1. The number of hydrogen-bond donors (Lipinski definition) is 3. The zero-order valence-electron chi connectivity index (χ0n) is 17.9. The van der Waals surface area contributed by atoms with E-state index in [0.717, 1.165) is 10.9 Å². The van der Waals surface area contributed by atoms with E-state index in [0.29, 0.717) is 34.6 Å². The maximum atomic E-state index is 12.6. The third kappa shape index (κ3) is 3.86. The second kappa shape index (κ2) is 8.17. The first-order valence-electron chi connectivity index (χ1n) is 10.2. The predicted octanol–water partition coefficient (Wildman–Crippen LogP) is 2.76. The average Bonchev–Trinajstić information content (AvgIpc) is 3.20. The Kier molecular flexibility index (Phi) is 5.41. The summed E-state index contributed by atoms with van der Waals surface area (Å²) in [5.41, 5.74) is 2.55. The zero-order chi connectivity index (χ0) is 22.1. The molecule has 0 bridgehead atoms. The van der Waals surface area contributed by atoms with Gasteiger partial charge in [0, 0.05) is 13.6 Å². The molecular formula is C22H25N7O2. The van der Waals surface area contributed by atoms with E-state index in [1.54, 1.807) is 13.1 Å². The number of nitrogens with one attached hydrogen (secondary N) is 3. The SMILES string of the molecule is CCNC(=O)c1cc2c(N[C@H](c3ccc4ncn(C)c(=O)c4c3)C(C)C)ncnc2[nH]1. The molecular weight excluding hydrogens is 394 g/mol. The summed E-state index contributed by atoms with van der Waals surface area (Å²) in [6, 6.07) is 7.36. The van der Waals surface area contributed by atoms with Crippen LogP contribution in [0.5, 0.6) is 0 Å². The van der Waals surface area contributed by atoms with Crippen molar-refractivity contribution < 1.29 is 4.79 Å². The fraction of sp³-hybridized carbons (Fsp3) is 0.318. The Morgan fingerprint density at radius 1 is 1.16 bits per heavy atom. The number of fused-ring (bicyclic) bond motifs is 2. The standard InChI is InChI=1S/C22H25N7O2/c1-5-23-21(30)17-9-15-19(27-17)24-10-25-20(15)28-18(12(2)3)13-6-7-16-14(8-13)22(31)29(4)11-26-16/h6-12,18H,5H2,1-4H3,(H,23,30)(H2,24,25,27,28)/t18-/m0/s1. The molecule has 4 aromatic rings. The highest BCUT2D eigenvalue weighted by atomic mass is 16.2. The van der Waals surface area contributed by atoms with E-state index >= 15 is 0 Å². The van der Waals surface area contributed by atoms with Crippen LogP contribution in [-0.2, 0) is 7.05 Å². The molecule has 0 saturated heterocycles. The first kappa shape index (κ1) is 20.5. The summed E-state index contributed by atoms with van der Waals surface area (Å²) in [5.74, 6) is 0.629. The minimum atomic E-state index is -0.190. The molecule has 0 radical (unpaired) electrons. The third-order valence-corrected chi connectivity index (χ3v) is 5.27. The van der Waals surface area contributed by atoms with E-state index in [4.69, 9.17) is 0 Å². The number of carbonyl (C=O) groups is 1. The number of aromatic nitrogens is 5. The summed E-state index contributed by atoms with van der Waals surface area (Å²) in [6.45, 7) is 6.60. The number of aromatic amines is 1. The molecule has 1 atom stereocenters. The molecule has 0 saturated carbocycles. The minimum absolute atomic E-state index is 0.0870. The Morgan fingerprint density at radius 2 is 1.97 bits per heavy atom. The van der Waals surface area contributed by atoms with E-state index in [1.807, 2.05) is 25.1 Å². The molecule has 1 amide bonds. The number of hydrogen-bond acceptors (Lipinski definition) is 6. The van der Waals surface area contributed by atoms with Crippen LogP contribution in [0.3, 0.4) is 0 Å². The predicted molar refractivity (Wildman–Crippen MR) is 120 cm³/mol. The molecule has 4 rings (SSSR count). The fourth-order valence-corrected chi connectivity index (χ4v) is 3.64. The van der Waals surface area contributed by atoms with Crippen LogP contribution in [0.1, 0.15) is 42.9 Å². The van der Waals surface area contributed by atoms with Crippen molar-refractivity contribution >= 4 is 33.7 Å².